The highest BCUT2D eigenvalue weighted by molar-refractivity contribution is 5.54. The zero-order valence-corrected chi connectivity index (χ0v) is 50.8. The second kappa shape index (κ2) is 42.8. The normalized spacial score (nSPS) is 16.0. The fraction of sp³-hybridized carbons (Fsp3) is 0.910. The van der Waals surface area contributed by atoms with E-state index in [4.69, 9.17) is 14.2 Å². The minimum absolute atomic E-state index is 0.0446. The second-order valence-corrected chi connectivity index (χ2v) is 26.5. The van der Waals surface area contributed by atoms with Crippen LogP contribution in [0.1, 0.15) is 302 Å². The molecule has 9 atom stereocenters. The van der Waals surface area contributed by atoms with Gasteiger partial charge in [0, 0.05) is 0 Å². The fourth-order valence-electron chi connectivity index (χ4n) is 11.0. The molecular formula is C67H128O4. The van der Waals surface area contributed by atoms with Crippen LogP contribution in [0.5, 0.6) is 17.2 Å². The molecule has 1 N–H and O–H groups in total. The lowest BCUT2D eigenvalue weighted by atomic mass is 9.91. The summed E-state index contributed by atoms with van der Waals surface area (Å²) in [6.45, 7) is 37.9. The molecule has 0 bridgehead atoms. The average molecular weight is 998 g/mol. The van der Waals surface area contributed by atoms with E-state index in [1.54, 1.807) is 0 Å². The molecule has 0 aromatic heterocycles. The van der Waals surface area contributed by atoms with Crippen LogP contribution in [-0.4, -0.2) is 24.9 Å². The maximum Gasteiger partial charge on any atom is 0.203 e. The van der Waals surface area contributed by atoms with E-state index in [1.165, 1.54) is 173 Å². The molecule has 0 fully saturated rings. The van der Waals surface area contributed by atoms with Crippen molar-refractivity contribution in [3.8, 4) is 17.2 Å². The Bertz CT molecular complexity index is 1270. The van der Waals surface area contributed by atoms with Gasteiger partial charge >= 0.3 is 0 Å². The molecule has 0 heterocycles. The van der Waals surface area contributed by atoms with E-state index < -0.39 is 0 Å². The maximum atomic E-state index is 10.4. The van der Waals surface area contributed by atoms with Gasteiger partial charge in [-0.05, 0) is 108 Å². The summed E-state index contributed by atoms with van der Waals surface area (Å²) in [6, 6.07) is 3.99. The molecule has 4 nitrogen and oxygen atoms in total. The standard InChI is InChI=1S/C67H128O4/c1-52(2)25-16-28-55(7)31-19-34-58(10)37-22-40-61(13)43-46-69-65-49-64(51-68)50-66(70-47-44-62(14)41-23-38-59(11)35-20-32-56(8)29-17-26-53(3)4)67(65)71-48-45-63(15)42-24-39-60(12)36-21-33-57(9)30-18-27-54(5)6/h49-50,52-63,68H,16-48,51H2,1-15H3. The number of aliphatic hydroxyl groups excluding tert-OH is 1. The van der Waals surface area contributed by atoms with E-state index in [-0.39, 0.29) is 6.61 Å². The second-order valence-electron chi connectivity index (χ2n) is 26.5. The zero-order valence-electron chi connectivity index (χ0n) is 50.8. The van der Waals surface area contributed by atoms with Crippen LogP contribution in [-0.2, 0) is 6.61 Å². The summed E-state index contributed by atoms with van der Waals surface area (Å²) >= 11 is 0. The van der Waals surface area contributed by atoms with Crippen LogP contribution in [0.3, 0.4) is 0 Å². The number of rotatable bonds is 49. The smallest absolute Gasteiger partial charge is 0.203 e. The van der Waals surface area contributed by atoms with Gasteiger partial charge < -0.3 is 19.3 Å². The predicted molar refractivity (Wildman–Crippen MR) is 314 cm³/mol. The van der Waals surface area contributed by atoms with Crippen molar-refractivity contribution in [2.45, 2.75) is 303 Å². The van der Waals surface area contributed by atoms with E-state index in [0.29, 0.717) is 37.6 Å². The van der Waals surface area contributed by atoms with Crippen molar-refractivity contribution < 1.29 is 19.3 Å². The Kier molecular flexibility index (Phi) is 40.7. The molecule has 0 aliphatic rings. The lowest BCUT2D eigenvalue weighted by molar-refractivity contribution is 0.214. The largest absolute Gasteiger partial charge is 0.490 e. The number of hydrogen-bond donors (Lipinski definition) is 1. The molecule has 0 aliphatic carbocycles. The quantitative estimate of drug-likeness (QED) is 0.0707. The lowest BCUT2D eigenvalue weighted by Gasteiger charge is -2.21. The van der Waals surface area contributed by atoms with Crippen molar-refractivity contribution in [1.82, 2.24) is 0 Å². The summed E-state index contributed by atoms with van der Waals surface area (Å²) < 4.78 is 19.9. The molecule has 71 heavy (non-hydrogen) atoms. The molecule has 0 amide bonds. The highest BCUT2D eigenvalue weighted by Crippen LogP contribution is 2.40. The first kappa shape index (κ1) is 67.6. The molecule has 1 rings (SSSR count). The third-order valence-corrected chi connectivity index (χ3v) is 16.7. The molecule has 0 radical (unpaired) electrons. The minimum atomic E-state index is -0.0446. The SMILES string of the molecule is CC(C)CCCC(C)CCCC(C)CCCC(C)CCOc1cc(CO)cc(OCCC(C)CCCC(C)CCCC(C)CCCC(C)C)c1OCCC(C)CCCC(C)CCCC(C)CCCC(C)C. The van der Waals surface area contributed by atoms with E-state index >= 15 is 0 Å². The predicted octanol–water partition coefficient (Wildman–Crippen LogP) is 21.7. The van der Waals surface area contributed by atoms with Crippen molar-refractivity contribution in [3.63, 3.8) is 0 Å². The van der Waals surface area contributed by atoms with Crippen LogP contribution >= 0.6 is 0 Å². The first-order valence-corrected chi connectivity index (χ1v) is 31.5. The summed E-state index contributed by atoms with van der Waals surface area (Å²) in [4.78, 5) is 0. The van der Waals surface area contributed by atoms with Crippen LogP contribution in [0.4, 0.5) is 0 Å². The summed E-state index contributed by atoms with van der Waals surface area (Å²) in [7, 11) is 0. The maximum absolute atomic E-state index is 10.4. The highest BCUT2D eigenvalue weighted by Gasteiger charge is 2.19. The van der Waals surface area contributed by atoms with E-state index in [9.17, 15) is 5.11 Å². The van der Waals surface area contributed by atoms with Crippen LogP contribution in [0.2, 0.25) is 0 Å². The van der Waals surface area contributed by atoms with Gasteiger partial charge in [-0.25, -0.2) is 0 Å². The molecule has 0 spiro atoms. The summed E-state index contributed by atoms with van der Waals surface area (Å²) in [6.07, 6.45) is 39.6. The molecule has 9 unspecified atom stereocenters. The third-order valence-electron chi connectivity index (χ3n) is 16.7. The van der Waals surface area contributed by atoms with Gasteiger partial charge in [0.05, 0.1) is 26.4 Å². The van der Waals surface area contributed by atoms with Gasteiger partial charge in [0.15, 0.2) is 11.5 Å². The van der Waals surface area contributed by atoms with Crippen LogP contribution in [0.25, 0.3) is 0 Å². The van der Waals surface area contributed by atoms with Gasteiger partial charge in [-0.15, -0.1) is 0 Å². The lowest BCUT2D eigenvalue weighted by Crippen LogP contribution is -2.11. The van der Waals surface area contributed by atoms with Crippen molar-refractivity contribution >= 4 is 0 Å². The third kappa shape index (κ3) is 38.7. The van der Waals surface area contributed by atoms with Gasteiger partial charge in [0.1, 0.15) is 0 Å². The van der Waals surface area contributed by atoms with E-state index in [1.807, 2.05) is 12.1 Å². The van der Waals surface area contributed by atoms with E-state index in [0.717, 1.165) is 95.3 Å². The number of hydrogen-bond acceptors (Lipinski definition) is 4. The first-order chi connectivity index (χ1) is 33.9. The molecule has 1 aromatic rings. The molecule has 0 saturated heterocycles. The van der Waals surface area contributed by atoms with Crippen LogP contribution in [0.15, 0.2) is 12.1 Å². The van der Waals surface area contributed by atoms with Gasteiger partial charge in [-0.1, -0.05) is 277 Å². The van der Waals surface area contributed by atoms with Crippen molar-refractivity contribution in [2.24, 2.45) is 71.0 Å². The Labute approximate surface area is 446 Å². The Morgan fingerprint density at radius 3 is 0.690 bits per heavy atom. The summed E-state index contributed by atoms with van der Waals surface area (Å²) in [5.41, 5.74) is 0.824. The van der Waals surface area contributed by atoms with Gasteiger partial charge in [-0.3, -0.25) is 0 Å². The van der Waals surface area contributed by atoms with Crippen molar-refractivity contribution in [3.05, 3.63) is 17.7 Å². The number of ether oxygens (including phenoxy) is 3. The molecule has 1 aromatic carbocycles. The van der Waals surface area contributed by atoms with Crippen LogP contribution in [0, 0.1) is 71.0 Å². The molecule has 0 aliphatic heterocycles. The Morgan fingerprint density at radius 1 is 0.282 bits per heavy atom. The summed E-state index contributed by atoms with van der Waals surface area (Å²) in [5.74, 6) is 11.5. The molecular weight excluding hydrogens is 869 g/mol. The monoisotopic (exact) mass is 997 g/mol. The Balaban J connectivity index is 2.76. The van der Waals surface area contributed by atoms with Crippen molar-refractivity contribution in [2.75, 3.05) is 19.8 Å². The van der Waals surface area contributed by atoms with Gasteiger partial charge in [0.25, 0.3) is 0 Å². The average Bonchev–Trinajstić information content (AvgIpc) is 3.29. The molecule has 420 valence electrons. The summed E-state index contributed by atoms with van der Waals surface area (Å²) in [5, 5.41) is 10.4. The zero-order chi connectivity index (χ0) is 52.8. The first-order valence-electron chi connectivity index (χ1n) is 31.5. The molecule has 0 saturated carbocycles. The highest BCUT2D eigenvalue weighted by atomic mass is 16.5. The Morgan fingerprint density at radius 2 is 0.479 bits per heavy atom. The molecule has 4 heteroatoms. The Hall–Kier alpha value is -1.42. The number of benzene rings is 1. The van der Waals surface area contributed by atoms with Crippen molar-refractivity contribution in [1.29, 1.82) is 0 Å². The van der Waals surface area contributed by atoms with Crippen LogP contribution < -0.4 is 14.2 Å². The topological polar surface area (TPSA) is 47.9 Å². The van der Waals surface area contributed by atoms with E-state index in [2.05, 4.69) is 104 Å². The van der Waals surface area contributed by atoms with Gasteiger partial charge in [-0.2, -0.15) is 0 Å². The number of aliphatic hydroxyl groups is 1. The fourth-order valence-corrected chi connectivity index (χ4v) is 11.0. The van der Waals surface area contributed by atoms with Gasteiger partial charge in [0.2, 0.25) is 5.75 Å². The minimum Gasteiger partial charge on any atom is -0.490 e.